The zero-order valence-electron chi connectivity index (χ0n) is 21.3. The molecule has 5 aromatic carbocycles. The molecule has 0 aliphatic rings. The van der Waals surface area contributed by atoms with Gasteiger partial charge in [-0.15, -0.1) is 11.8 Å². The van der Waals surface area contributed by atoms with Gasteiger partial charge in [0.15, 0.2) is 0 Å². The Bertz CT molecular complexity index is 1600. The van der Waals surface area contributed by atoms with Crippen molar-refractivity contribution in [3.8, 4) is 0 Å². The monoisotopic (exact) mass is 516 g/mol. The van der Waals surface area contributed by atoms with E-state index in [4.69, 9.17) is 0 Å². The predicted octanol–water partition coefficient (Wildman–Crippen LogP) is 8.18. The second-order valence-electron chi connectivity index (χ2n) is 9.19. The van der Waals surface area contributed by atoms with E-state index in [0.29, 0.717) is 11.3 Å². The van der Waals surface area contributed by atoms with Crippen LogP contribution in [0, 0.1) is 13.8 Å². The van der Waals surface area contributed by atoms with Crippen molar-refractivity contribution in [1.29, 1.82) is 0 Å². The van der Waals surface area contributed by atoms with Gasteiger partial charge in [-0.25, -0.2) is 0 Å². The van der Waals surface area contributed by atoms with E-state index in [1.807, 2.05) is 129 Å². The van der Waals surface area contributed by atoms with Crippen LogP contribution >= 0.6 is 11.8 Å². The van der Waals surface area contributed by atoms with Crippen molar-refractivity contribution in [2.75, 3.05) is 10.6 Å². The number of amides is 2. The number of carbonyl (C=O) groups is 2. The van der Waals surface area contributed by atoms with E-state index in [-0.39, 0.29) is 11.8 Å². The number of benzene rings is 5. The minimum Gasteiger partial charge on any atom is -0.325 e. The van der Waals surface area contributed by atoms with E-state index in [1.54, 1.807) is 0 Å². The molecule has 38 heavy (non-hydrogen) atoms. The number of fused-ring (bicyclic) bond motifs is 1. The van der Waals surface area contributed by atoms with Crippen molar-refractivity contribution in [3.05, 3.63) is 138 Å². The number of rotatable bonds is 7. The van der Waals surface area contributed by atoms with Gasteiger partial charge in [0.1, 0.15) is 5.25 Å². The van der Waals surface area contributed by atoms with Crippen molar-refractivity contribution < 1.29 is 9.59 Å². The summed E-state index contributed by atoms with van der Waals surface area (Å²) in [7, 11) is 0. The fourth-order valence-electron chi connectivity index (χ4n) is 4.27. The summed E-state index contributed by atoms with van der Waals surface area (Å²) >= 11 is 1.48. The molecule has 0 bridgehead atoms. The fraction of sp³-hybridized carbons (Fsp3) is 0.0909. The first-order valence-corrected chi connectivity index (χ1v) is 13.3. The molecule has 1 unspecified atom stereocenters. The highest BCUT2D eigenvalue weighted by atomic mass is 32.2. The summed E-state index contributed by atoms with van der Waals surface area (Å²) < 4.78 is 0. The molecule has 0 saturated heterocycles. The summed E-state index contributed by atoms with van der Waals surface area (Å²) in [4.78, 5) is 27.2. The van der Waals surface area contributed by atoms with Gasteiger partial charge in [0.05, 0.1) is 0 Å². The average Bonchev–Trinajstić information content (AvgIpc) is 2.95. The SMILES string of the molecule is Cc1cccc(NC(=O)C(Sc2ccc(NC(=O)c3ccc4ccccc4c3)cc2)c2ccccc2)c1C. The molecule has 2 N–H and O–H groups in total. The second-order valence-corrected chi connectivity index (χ2v) is 10.4. The van der Waals surface area contributed by atoms with E-state index in [2.05, 4.69) is 10.6 Å². The number of thioether (sulfide) groups is 1. The molecule has 0 saturated carbocycles. The maximum absolute atomic E-state index is 13.5. The molecule has 1 atom stereocenters. The zero-order valence-corrected chi connectivity index (χ0v) is 22.1. The Balaban J connectivity index is 1.31. The molecule has 0 aliphatic heterocycles. The summed E-state index contributed by atoms with van der Waals surface area (Å²) in [5, 5.41) is 7.78. The summed E-state index contributed by atoms with van der Waals surface area (Å²) in [5.74, 6) is -0.241. The van der Waals surface area contributed by atoms with Crippen molar-refractivity contribution in [3.63, 3.8) is 0 Å². The first-order chi connectivity index (χ1) is 18.5. The summed E-state index contributed by atoms with van der Waals surface area (Å²) in [6, 6.07) is 36.9. The number of anilines is 2. The van der Waals surface area contributed by atoms with Crippen LogP contribution in [0.4, 0.5) is 11.4 Å². The Kier molecular flexibility index (Phi) is 7.57. The zero-order chi connectivity index (χ0) is 26.5. The van der Waals surface area contributed by atoms with E-state index in [1.165, 1.54) is 11.8 Å². The average molecular weight is 517 g/mol. The predicted molar refractivity (Wildman–Crippen MR) is 158 cm³/mol. The van der Waals surface area contributed by atoms with Crippen LogP contribution in [0.2, 0.25) is 0 Å². The Morgan fingerprint density at radius 3 is 2.16 bits per heavy atom. The van der Waals surface area contributed by atoms with Crippen LogP contribution in [0.15, 0.2) is 120 Å². The molecule has 0 radical (unpaired) electrons. The normalized spacial score (nSPS) is 11.6. The van der Waals surface area contributed by atoms with Crippen LogP contribution in [0.1, 0.15) is 32.3 Å². The highest BCUT2D eigenvalue weighted by molar-refractivity contribution is 8.00. The number of carbonyl (C=O) groups excluding carboxylic acids is 2. The maximum Gasteiger partial charge on any atom is 0.255 e. The van der Waals surface area contributed by atoms with E-state index >= 15 is 0 Å². The third-order valence-corrected chi connectivity index (χ3v) is 7.85. The third kappa shape index (κ3) is 5.79. The van der Waals surface area contributed by atoms with Gasteiger partial charge in [0.25, 0.3) is 5.91 Å². The molecular weight excluding hydrogens is 488 g/mol. The van der Waals surface area contributed by atoms with Crippen molar-refractivity contribution >= 4 is 45.7 Å². The van der Waals surface area contributed by atoms with Crippen LogP contribution in [-0.2, 0) is 4.79 Å². The summed E-state index contributed by atoms with van der Waals surface area (Å²) in [5.41, 5.74) is 5.24. The molecule has 5 rings (SSSR count). The summed E-state index contributed by atoms with van der Waals surface area (Å²) in [6.07, 6.45) is 0. The topological polar surface area (TPSA) is 58.2 Å². The Morgan fingerprint density at radius 2 is 1.39 bits per heavy atom. The first kappa shape index (κ1) is 25.3. The van der Waals surface area contributed by atoms with Crippen molar-refractivity contribution in [1.82, 2.24) is 0 Å². The van der Waals surface area contributed by atoms with Crippen LogP contribution in [0.25, 0.3) is 10.8 Å². The van der Waals surface area contributed by atoms with Crippen LogP contribution in [0.3, 0.4) is 0 Å². The largest absolute Gasteiger partial charge is 0.325 e. The van der Waals surface area contributed by atoms with Crippen LogP contribution < -0.4 is 10.6 Å². The van der Waals surface area contributed by atoms with Gasteiger partial charge in [-0.05, 0) is 83.8 Å². The smallest absolute Gasteiger partial charge is 0.255 e. The second kappa shape index (κ2) is 11.4. The lowest BCUT2D eigenvalue weighted by atomic mass is 10.1. The number of hydrogen-bond acceptors (Lipinski definition) is 3. The van der Waals surface area contributed by atoms with Crippen molar-refractivity contribution in [2.45, 2.75) is 24.0 Å². The Hall–Kier alpha value is -4.35. The maximum atomic E-state index is 13.5. The van der Waals surface area contributed by atoms with Gasteiger partial charge in [0.2, 0.25) is 5.91 Å². The third-order valence-electron chi connectivity index (χ3n) is 6.58. The van der Waals surface area contributed by atoms with Crippen LogP contribution in [0.5, 0.6) is 0 Å². The highest BCUT2D eigenvalue weighted by Gasteiger charge is 2.23. The van der Waals surface area contributed by atoms with Gasteiger partial charge in [-0.1, -0.05) is 72.8 Å². The quantitative estimate of drug-likeness (QED) is 0.214. The minimum absolute atomic E-state index is 0.0800. The Labute approximate surface area is 227 Å². The van der Waals surface area contributed by atoms with Gasteiger partial charge >= 0.3 is 0 Å². The molecule has 0 aliphatic carbocycles. The van der Waals surface area contributed by atoms with Gasteiger partial charge in [-0.3, -0.25) is 9.59 Å². The first-order valence-electron chi connectivity index (χ1n) is 12.5. The van der Waals surface area contributed by atoms with Gasteiger partial charge in [0, 0.05) is 21.8 Å². The molecule has 0 fully saturated rings. The summed E-state index contributed by atoms with van der Waals surface area (Å²) in [6.45, 7) is 4.05. The number of hydrogen-bond donors (Lipinski definition) is 2. The lowest BCUT2D eigenvalue weighted by molar-refractivity contribution is -0.115. The van der Waals surface area contributed by atoms with Crippen LogP contribution in [-0.4, -0.2) is 11.8 Å². The van der Waals surface area contributed by atoms with Gasteiger partial charge in [-0.2, -0.15) is 0 Å². The lowest BCUT2D eigenvalue weighted by Crippen LogP contribution is -2.19. The Morgan fingerprint density at radius 1 is 0.684 bits per heavy atom. The molecule has 2 amide bonds. The number of aryl methyl sites for hydroxylation is 1. The molecule has 0 aromatic heterocycles. The molecule has 188 valence electrons. The van der Waals surface area contributed by atoms with E-state index in [0.717, 1.165) is 38.0 Å². The molecule has 5 aromatic rings. The molecule has 0 heterocycles. The standard InChI is InChI=1S/C33H28N2O2S/c1-22-9-8-14-30(23(22)2)35-33(37)31(25-11-4-3-5-12-25)38-29-19-17-28(18-20-29)34-32(36)27-16-15-24-10-6-7-13-26(24)21-27/h3-21,31H,1-2H3,(H,34,36)(H,35,37). The van der Waals surface area contributed by atoms with E-state index in [9.17, 15) is 9.59 Å². The number of nitrogens with one attached hydrogen (secondary N) is 2. The minimum atomic E-state index is -0.436. The molecule has 5 heteroatoms. The molecule has 4 nitrogen and oxygen atoms in total. The van der Waals surface area contributed by atoms with Crippen molar-refractivity contribution in [2.24, 2.45) is 0 Å². The fourth-order valence-corrected chi connectivity index (χ4v) is 5.30. The van der Waals surface area contributed by atoms with Gasteiger partial charge < -0.3 is 10.6 Å². The van der Waals surface area contributed by atoms with E-state index < -0.39 is 5.25 Å². The molecule has 0 spiro atoms. The molecular formula is C33H28N2O2S. The lowest BCUT2D eigenvalue weighted by Gasteiger charge is -2.19. The highest BCUT2D eigenvalue weighted by Crippen LogP contribution is 2.37.